The van der Waals surface area contributed by atoms with Crippen molar-refractivity contribution in [2.24, 2.45) is 17.5 Å². The summed E-state index contributed by atoms with van der Waals surface area (Å²) in [6.45, 7) is 2.71. The summed E-state index contributed by atoms with van der Waals surface area (Å²) < 4.78 is 36.9. The van der Waals surface area contributed by atoms with Gasteiger partial charge in [-0.15, -0.1) is 0 Å². The molecule has 1 aliphatic heterocycles. The number of fused-ring (bicyclic) bond motifs is 2. The molecule has 0 spiro atoms. The second-order valence-corrected chi connectivity index (χ2v) is 10.00. The summed E-state index contributed by atoms with van der Waals surface area (Å²) in [6, 6.07) is 16.2. The third kappa shape index (κ3) is 8.52. The summed E-state index contributed by atoms with van der Waals surface area (Å²) in [5.74, 6) is 9.86. The van der Waals surface area contributed by atoms with Crippen molar-refractivity contribution in [3.05, 3.63) is 77.6 Å². The van der Waals surface area contributed by atoms with Crippen molar-refractivity contribution in [3.63, 3.8) is 0 Å². The zero-order valence-corrected chi connectivity index (χ0v) is 26.7. The molecule has 2 unspecified atom stereocenters. The largest absolute Gasteiger partial charge is 0.497 e. The number of rotatable bonds is 10. The Labute approximate surface area is 268 Å². The number of methoxy groups -OCH3 is 5. The van der Waals surface area contributed by atoms with Crippen molar-refractivity contribution in [2.45, 2.75) is 18.9 Å². The van der Waals surface area contributed by atoms with E-state index >= 15 is 0 Å². The number of amides is 1. The van der Waals surface area contributed by atoms with Gasteiger partial charge in [-0.1, -0.05) is 6.07 Å². The van der Waals surface area contributed by atoms with E-state index in [1.165, 1.54) is 11.2 Å². The number of nitrogens with zero attached hydrogens (tertiary/aromatic N) is 1. The van der Waals surface area contributed by atoms with E-state index in [4.69, 9.17) is 49.5 Å². The first-order valence-electron chi connectivity index (χ1n) is 14.2. The molecule has 2 atom stereocenters. The molecule has 1 aliphatic carbocycles. The minimum absolute atomic E-state index is 0.00708. The highest BCUT2D eigenvalue weighted by Crippen LogP contribution is 2.42. The van der Waals surface area contributed by atoms with Crippen LogP contribution in [0.15, 0.2) is 66.5 Å². The monoisotopic (exact) mass is 638 g/mol. The second kappa shape index (κ2) is 17.4. The van der Waals surface area contributed by atoms with E-state index in [2.05, 4.69) is 5.32 Å². The maximum atomic E-state index is 13.0. The van der Waals surface area contributed by atoms with Crippen LogP contribution in [0.4, 0.5) is 5.69 Å². The summed E-state index contributed by atoms with van der Waals surface area (Å²) in [7, 11) is 8.02. The van der Waals surface area contributed by atoms with Crippen molar-refractivity contribution in [1.82, 2.24) is 5.32 Å². The van der Waals surface area contributed by atoms with Crippen LogP contribution in [-0.4, -0.2) is 61.6 Å². The number of ether oxygens (including phenoxy) is 7. The molecule has 5 N–H and O–H groups in total. The van der Waals surface area contributed by atoms with Crippen molar-refractivity contribution >= 4 is 18.4 Å². The summed E-state index contributed by atoms with van der Waals surface area (Å²) >= 11 is 0. The lowest BCUT2D eigenvalue weighted by molar-refractivity contribution is -0.119. The van der Waals surface area contributed by atoms with Gasteiger partial charge in [0.25, 0.3) is 5.91 Å². The lowest BCUT2D eigenvalue weighted by Crippen LogP contribution is -2.40. The minimum Gasteiger partial charge on any atom is -0.497 e. The van der Waals surface area contributed by atoms with E-state index < -0.39 is 5.91 Å². The first kappa shape index (κ1) is 35.3. The number of nitrogens with one attached hydrogen (secondary N) is 1. The van der Waals surface area contributed by atoms with E-state index in [1.54, 1.807) is 59.8 Å². The smallest absolute Gasteiger partial charge is 0.269 e. The maximum Gasteiger partial charge on any atom is 0.269 e. The average molecular weight is 639 g/mol. The van der Waals surface area contributed by atoms with Crippen LogP contribution in [0.3, 0.4) is 0 Å². The number of carbonyl (C=O) groups excluding carboxylic acids is 2. The van der Waals surface area contributed by atoms with Gasteiger partial charge in [0.1, 0.15) is 18.2 Å². The number of hydrogen-bond acceptors (Lipinski definition) is 12. The van der Waals surface area contributed by atoms with Crippen LogP contribution in [-0.2, 0) is 20.7 Å². The fourth-order valence-corrected chi connectivity index (χ4v) is 5.14. The number of carbonyl (C=O) groups is 2. The zero-order chi connectivity index (χ0) is 33.6. The standard InChI is InChI=1S/C23H28N4O5.C9H12O3.CH2O/c1-29-12-15-4-3-14-9-20-21(32-13-31-20)10-18(14)22(15)26-23(28)19(24)11-27(25)16-5-7-17(30-2)8-6-16;1-10-7-5-4-6-8(11-2)9(7)12-3;1-2/h5-11,15,22H,3-4,12-13,24-25H2,1-2H3,(H,26,28);4-6H,1-3H3;1H2/b19-11-;;. The molecule has 1 amide bonds. The Morgan fingerprint density at radius 2 is 1.59 bits per heavy atom. The first-order valence-corrected chi connectivity index (χ1v) is 14.2. The molecule has 13 heteroatoms. The molecule has 0 radical (unpaired) electrons. The third-order valence-corrected chi connectivity index (χ3v) is 7.39. The molecule has 13 nitrogen and oxygen atoms in total. The van der Waals surface area contributed by atoms with Crippen LogP contribution in [0.2, 0.25) is 0 Å². The highest BCUT2D eigenvalue weighted by molar-refractivity contribution is 5.93. The van der Waals surface area contributed by atoms with Gasteiger partial charge in [0, 0.05) is 19.2 Å². The van der Waals surface area contributed by atoms with Gasteiger partial charge < -0.3 is 49.0 Å². The highest BCUT2D eigenvalue weighted by Gasteiger charge is 2.33. The summed E-state index contributed by atoms with van der Waals surface area (Å²) in [5, 5.41) is 4.36. The Kier molecular flexibility index (Phi) is 13.3. The number of benzene rings is 3. The summed E-state index contributed by atoms with van der Waals surface area (Å²) in [6.07, 6.45) is 3.13. The van der Waals surface area contributed by atoms with E-state index in [1.807, 2.05) is 37.1 Å². The van der Waals surface area contributed by atoms with Crippen LogP contribution in [0, 0.1) is 5.92 Å². The topological polar surface area (TPSA) is 166 Å². The zero-order valence-electron chi connectivity index (χ0n) is 26.7. The van der Waals surface area contributed by atoms with E-state index in [0.29, 0.717) is 41.0 Å². The quantitative estimate of drug-likeness (QED) is 0.168. The number of nitrogens with two attached hydrogens (primary N) is 2. The number of aryl methyl sites for hydroxylation is 1. The Morgan fingerprint density at radius 3 is 2.15 bits per heavy atom. The Morgan fingerprint density at radius 1 is 0.957 bits per heavy atom. The number of anilines is 1. The molecule has 2 aliphatic rings. The van der Waals surface area contributed by atoms with Crippen molar-refractivity contribution < 1.29 is 42.7 Å². The molecule has 46 heavy (non-hydrogen) atoms. The minimum atomic E-state index is -0.411. The van der Waals surface area contributed by atoms with Crippen LogP contribution < -0.4 is 50.3 Å². The van der Waals surface area contributed by atoms with Crippen molar-refractivity contribution in [3.8, 4) is 34.5 Å². The van der Waals surface area contributed by atoms with Crippen molar-refractivity contribution in [1.29, 1.82) is 0 Å². The van der Waals surface area contributed by atoms with Gasteiger partial charge in [-0.3, -0.25) is 9.80 Å². The fraction of sp³-hybridized carbons (Fsp3) is 0.333. The predicted molar refractivity (Wildman–Crippen MR) is 172 cm³/mol. The third-order valence-electron chi connectivity index (χ3n) is 7.39. The molecule has 0 saturated heterocycles. The van der Waals surface area contributed by atoms with Gasteiger partial charge in [-0.05, 0) is 72.5 Å². The summed E-state index contributed by atoms with van der Waals surface area (Å²) in [5.41, 5.74) is 8.85. The maximum absolute atomic E-state index is 13.0. The first-order chi connectivity index (χ1) is 22.3. The molecule has 0 fully saturated rings. The number of hydrogen-bond donors (Lipinski definition) is 3. The Hall–Kier alpha value is -5.14. The van der Waals surface area contributed by atoms with Gasteiger partial charge in [0.05, 0.1) is 46.8 Å². The van der Waals surface area contributed by atoms with Gasteiger partial charge in [0.2, 0.25) is 12.5 Å². The van der Waals surface area contributed by atoms with Crippen LogP contribution >= 0.6 is 0 Å². The van der Waals surface area contributed by atoms with Crippen LogP contribution in [0.25, 0.3) is 0 Å². The molecular formula is C33H42N4O9. The predicted octanol–water partition coefficient (Wildman–Crippen LogP) is 3.50. The van der Waals surface area contributed by atoms with Gasteiger partial charge >= 0.3 is 0 Å². The fourth-order valence-electron chi connectivity index (χ4n) is 5.14. The van der Waals surface area contributed by atoms with Crippen LogP contribution in [0.1, 0.15) is 23.6 Å². The second-order valence-electron chi connectivity index (χ2n) is 10.00. The van der Waals surface area contributed by atoms with E-state index in [-0.39, 0.29) is 24.4 Å². The number of hydrazine groups is 1. The SMILES string of the molecule is C=O.COCC1CCc2cc3c(cc2C1NC(=O)/C(N)=C/N(N)c1ccc(OC)cc1)OCO3.COc1cccc(OC)c1OC. The van der Waals surface area contributed by atoms with E-state index in [0.717, 1.165) is 29.7 Å². The average Bonchev–Trinajstić information content (AvgIpc) is 3.56. The normalized spacial score (nSPS) is 15.9. The molecule has 0 aromatic heterocycles. The molecule has 1 heterocycles. The molecule has 3 aromatic rings. The van der Waals surface area contributed by atoms with Gasteiger partial charge in [0.15, 0.2) is 23.0 Å². The molecule has 5 rings (SSSR count). The molecule has 0 saturated carbocycles. The molecule has 248 valence electrons. The van der Waals surface area contributed by atoms with Gasteiger partial charge in [-0.25, -0.2) is 5.84 Å². The lowest BCUT2D eigenvalue weighted by Gasteiger charge is -2.34. The Bertz CT molecular complexity index is 1440. The van der Waals surface area contributed by atoms with Crippen molar-refractivity contribution in [2.75, 3.05) is 54.0 Å². The van der Waals surface area contributed by atoms with E-state index in [9.17, 15) is 4.79 Å². The molecule has 3 aromatic carbocycles. The molecule has 0 bridgehead atoms. The highest BCUT2D eigenvalue weighted by atomic mass is 16.7. The summed E-state index contributed by atoms with van der Waals surface area (Å²) in [4.78, 5) is 21.0. The van der Waals surface area contributed by atoms with Crippen LogP contribution in [0.5, 0.6) is 34.5 Å². The molecular weight excluding hydrogens is 596 g/mol. The van der Waals surface area contributed by atoms with Gasteiger partial charge in [-0.2, -0.15) is 0 Å². The Balaban J connectivity index is 0.000000345. The lowest BCUT2D eigenvalue weighted by atomic mass is 9.79. The number of para-hydroxylation sites is 1.